The highest BCUT2D eigenvalue weighted by atomic mass is 32.1. The number of anilines is 1. The van der Waals surface area contributed by atoms with Crippen molar-refractivity contribution in [1.82, 2.24) is 4.98 Å². The fourth-order valence-electron chi connectivity index (χ4n) is 2.75. The van der Waals surface area contributed by atoms with E-state index in [1.54, 1.807) is 0 Å². The molecule has 1 aromatic heterocycles. The number of guanidine groups is 1. The van der Waals surface area contributed by atoms with Gasteiger partial charge in [0, 0.05) is 10.8 Å². The molecule has 114 valence electrons. The van der Waals surface area contributed by atoms with E-state index in [1.807, 2.05) is 18.2 Å². The summed E-state index contributed by atoms with van der Waals surface area (Å²) in [5.41, 5.74) is 7.68. The molecule has 0 saturated heterocycles. The molecule has 2 aromatic rings. The molecule has 0 radical (unpaired) electrons. The van der Waals surface area contributed by atoms with Gasteiger partial charge in [0.05, 0.1) is 5.69 Å². The molecule has 0 amide bonds. The van der Waals surface area contributed by atoms with Crippen LogP contribution >= 0.6 is 11.3 Å². The Labute approximate surface area is 132 Å². The lowest BCUT2D eigenvalue weighted by Gasteiger charge is -2.21. The summed E-state index contributed by atoms with van der Waals surface area (Å²) < 4.78 is 0. The fourth-order valence-corrected chi connectivity index (χ4v) is 3.88. The number of hydrogen-bond acceptors (Lipinski definition) is 5. The second-order valence-electron chi connectivity index (χ2n) is 5.04. The molecule has 0 saturated carbocycles. The number of thiazole rings is 1. The van der Waals surface area contributed by atoms with E-state index in [2.05, 4.69) is 17.1 Å². The fraction of sp³-hybridized carbons (Fsp3) is 0.267. The number of rotatable bonds is 4. The second-order valence-corrected chi connectivity index (χ2v) is 6.10. The molecule has 6 nitrogen and oxygen atoms in total. The first-order valence-corrected chi connectivity index (χ1v) is 7.81. The Morgan fingerprint density at radius 1 is 1.45 bits per heavy atom. The van der Waals surface area contributed by atoms with Gasteiger partial charge in [-0.3, -0.25) is 10.2 Å². The van der Waals surface area contributed by atoms with Crippen LogP contribution in [0.25, 0.3) is 0 Å². The zero-order valence-corrected chi connectivity index (χ0v) is 12.7. The topological polar surface area (TPSA) is 92.3 Å². The summed E-state index contributed by atoms with van der Waals surface area (Å²) in [5.74, 6) is -0.130. The SMILES string of the molecule is N=C(N)N(OC=O)c1nc2c(s1)CCCC2c1ccccc1. The van der Waals surface area contributed by atoms with Crippen LogP contribution in [0.1, 0.15) is 34.9 Å². The Kier molecular flexibility index (Phi) is 4.06. The van der Waals surface area contributed by atoms with Gasteiger partial charge in [-0.1, -0.05) is 41.7 Å². The highest BCUT2D eigenvalue weighted by molar-refractivity contribution is 7.15. The molecule has 0 fully saturated rings. The Morgan fingerprint density at radius 3 is 2.91 bits per heavy atom. The van der Waals surface area contributed by atoms with Crippen molar-refractivity contribution in [1.29, 1.82) is 5.41 Å². The number of aromatic nitrogens is 1. The van der Waals surface area contributed by atoms with E-state index in [0.29, 0.717) is 5.13 Å². The van der Waals surface area contributed by atoms with Gasteiger partial charge >= 0.3 is 6.47 Å². The first kappa shape index (κ1) is 14.5. The van der Waals surface area contributed by atoms with Gasteiger partial charge in [0.1, 0.15) is 0 Å². The van der Waals surface area contributed by atoms with Gasteiger partial charge in [-0.25, -0.2) is 4.98 Å². The zero-order chi connectivity index (χ0) is 15.5. The van der Waals surface area contributed by atoms with Crippen molar-refractivity contribution in [2.75, 3.05) is 5.06 Å². The van der Waals surface area contributed by atoms with E-state index >= 15 is 0 Å². The van der Waals surface area contributed by atoms with Crippen LogP contribution in [0.3, 0.4) is 0 Å². The first-order valence-electron chi connectivity index (χ1n) is 7.00. The lowest BCUT2D eigenvalue weighted by molar-refractivity contribution is -0.128. The molecule has 1 aromatic carbocycles. The number of hydrogen-bond donors (Lipinski definition) is 2. The zero-order valence-electron chi connectivity index (χ0n) is 11.9. The quantitative estimate of drug-likeness (QED) is 0.391. The second kappa shape index (κ2) is 6.15. The molecule has 1 unspecified atom stereocenters. The maximum absolute atomic E-state index is 10.6. The van der Waals surface area contributed by atoms with Gasteiger partial charge in [-0.15, -0.1) is 5.06 Å². The summed E-state index contributed by atoms with van der Waals surface area (Å²) in [6.07, 6.45) is 3.07. The minimum absolute atomic E-state index is 0.236. The Balaban J connectivity index is 1.98. The van der Waals surface area contributed by atoms with Crippen LogP contribution in [0, 0.1) is 5.41 Å². The number of carbonyl (C=O) groups is 1. The Hall–Kier alpha value is -2.41. The van der Waals surface area contributed by atoms with Crippen molar-refractivity contribution in [2.45, 2.75) is 25.2 Å². The summed E-state index contributed by atoms with van der Waals surface area (Å²) in [4.78, 5) is 21.1. The van der Waals surface area contributed by atoms with Gasteiger partial charge in [0.25, 0.3) is 0 Å². The van der Waals surface area contributed by atoms with Crippen LogP contribution in [0.2, 0.25) is 0 Å². The van der Waals surface area contributed by atoms with Crippen LogP contribution in [-0.2, 0) is 16.1 Å². The molecule has 3 rings (SSSR count). The van der Waals surface area contributed by atoms with Crippen LogP contribution in [0.15, 0.2) is 30.3 Å². The molecule has 0 spiro atoms. The number of hydroxylamine groups is 1. The highest BCUT2D eigenvalue weighted by Gasteiger charge is 2.28. The third-order valence-electron chi connectivity index (χ3n) is 3.69. The van der Waals surface area contributed by atoms with Gasteiger partial charge < -0.3 is 10.6 Å². The van der Waals surface area contributed by atoms with Gasteiger partial charge in [0.2, 0.25) is 11.1 Å². The molecule has 1 aliphatic carbocycles. The monoisotopic (exact) mass is 316 g/mol. The predicted octanol–water partition coefficient (Wildman–Crippen LogP) is 2.40. The third-order valence-corrected chi connectivity index (χ3v) is 4.79. The van der Waals surface area contributed by atoms with E-state index in [0.717, 1.165) is 34.9 Å². The van der Waals surface area contributed by atoms with Gasteiger partial charge in [0.15, 0.2) is 0 Å². The molecular weight excluding hydrogens is 300 g/mol. The van der Waals surface area contributed by atoms with Crippen LogP contribution in [0.5, 0.6) is 0 Å². The third kappa shape index (κ3) is 2.67. The van der Waals surface area contributed by atoms with Gasteiger partial charge in [-0.2, -0.15) is 0 Å². The lowest BCUT2D eigenvalue weighted by atomic mass is 9.85. The number of carbonyl (C=O) groups excluding carboxylic acids is 1. The predicted molar refractivity (Wildman–Crippen MR) is 84.9 cm³/mol. The summed E-state index contributed by atoms with van der Waals surface area (Å²) in [7, 11) is 0. The Bertz CT molecular complexity index is 686. The molecule has 22 heavy (non-hydrogen) atoms. The molecule has 3 N–H and O–H groups in total. The standard InChI is InChI=1S/C15H16N4O2S/c16-14(17)19(21-9-20)15-18-13-11(7-4-8-12(13)22-15)10-5-2-1-3-6-10/h1-3,5-6,9,11H,4,7-8H2,(H3,16,17). The number of benzene rings is 1. The average Bonchev–Trinajstić information content (AvgIpc) is 2.96. The molecule has 1 heterocycles. The number of nitrogens with two attached hydrogens (primary N) is 1. The minimum atomic E-state index is -0.366. The van der Waals surface area contributed by atoms with Crippen molar-refractivity contribution in [3.8, 4) is 0 Å². The normalized spacial score (nSPS) is 16.6. The van der Waals surface area contributed by atoms with Crippen molar-refractivity contribution in [3.63, 3.8) is 0 Å². The maximum atomic E-state index is 10.6. The largest absolute Gasteiger partial charge is 0.367 e. The van der Waals surface area contributed by atoms with Crippen molar-refractivity contribution in [2.24, 2.45) is 5.73 Å². The van der Waals surface area contributed by atoms with E-state index in [9.17, 15) is 4.79 Å². The van der Waals surface area contributed by atoms with Crippen LogP contribution < -0.4 is 10.8 Å². The van der Waals surface area contributed by atoms with Crippen molar-refractivity contribution >= 4 is 28.9 Å². The van der Waals surface area contributed by atoms with E-state index in [-0.39, 0.29) is 18.3 Å². The highest BCUT2D eigenvalue weighted by Crippen LogP contribution is 2.41. The van der Waals surface area contributed by atoms with Crippen LogP contribution in [-0.4, -0.2) is 17.4 Å². The van der Waals surface area contributed by atoms with Gasteiger partial charge in [-0.05, 0) is 24.8 Å². The van der Waals surface area contributed by atoms with E-state index in [4.69, 9.17) is 16.0 Å². The summed E-state index contributed by atoms with van der Waals surface area (Å²) in [5, 5.41) is 8.88. The van der Waals surface area contributed by atoms with E-state index < -0.39 is 0 Å². The number of nitrogens with one attached hydrogen (secondary N) is 1. The molecular formula is C15H16N4O2S. The van der Waals surface area contributed by atoms with E-state index in [1.165, 1.54) is 16.9 Å². The molecule has 0 bridgehead atoms. The Morgan fingerprint density at radius 2 is 2.23 bits per heavy atom. The van der Waals surface area contributed by atoms with Crippen LogP contribution in [0.4, 0.5) is 5.13 Å². The summed E-state index contributed by atoms with van der Waals surface area (Å²) >= 11 is 1.42. The van der Waals surface area contributed by atoms with Crippen molar-refractivity contribution < 1.29 is 9.63 Å². The van der Waals surface area contributed by atoms with Crippen molar-refractivity contribution in [3.05, 3.63) is 46.5 Å². The maximum Gasteiger partial charge on any atom is 0.321 e. The average molecular weight is 316 g/mol. The number of nitrogens with zero attached hydrogens (tertiary/aromatic N) is 2. The smallest absolute Gasteiger partial charge is 0.321 e. The molecule has 1 aliphatic rings. The summed E-state index contributed by atoms with van der Waals surface area (Å²) in [6, 6.07) is 10.2. The lowest BCUT2D eigenvalue weighted by Crippen LogP contribution is -2.36. The first-order chi connectivity index (χ1) is 10.7. The molecule has 1 atom stereocenters. The minimum Gasteiger partial charge on any atom is -0.367 e. The number of aryl methyl sites for hydroxylation is 1. The molecule has 0 aliphatic heterocycles. The summed E-state index contributed by atoms with van der Waals surface area (Å²) in [6.45, 7) is 0.246. The number of fused-ring (bicyclic) bond motifs is 1. The molecule has 7 heteroatoms.